The van der Waals surface area contributed by atoms with E-state index < -0.39 is 13.6 Å². The predicted molar refractivity (Wildman–Crippen MR) is 101 cm³/mol. The Kier molecular flexibility index (Phi) is 6.90. The van der Waals surface area contributed by atoms with Crippen molar-refractivity contribution in [1.82, 2.24) is 0 Å². The fraction of sp³-hybridized carbons (Fsp3) is 0.222. The second-order valence-electron chi connectivity index (χ2n) is 5.40. The topological polar surface area (TPSA) is 104 Å². The van der Waals surface area contributed by atoms with Gasteiger partial charge in [-0.3, -0.25) is 9.79 Å². The van der Waals surface area contributed by atoms with E-state index in [2.05, 4.69) is 4.52 Å². The molecule has 0 atom stereocenters. The molecule has 0 unspecified atom stereocenters. The maximum Gasteiger partial charge on any atom is 0.524 e. The summed E-state index contributed by atoms with van der Waals surface area (Å²) in [4.78, 5) is 18.0. The molecule has 0 saturated heterocycles. The van der Waals surface area contributed by atoms with Crippen LogP contribution in [-0.4, -0.2) is 38.2 Å². The van der Waals surface area contributed by atoms with E-state index in [1.165, 1.54) is 46.6 Å². The lowest BCUT2D eigenvalue weighted by molar-refractivity contribution is 0.276. The average molecular weight is 414 g/mol. The lowest BCUT2D eigenvalue weighted by Gasteiger charge is -2.13. The highest BCUT2D eigenvalue weighted by molar-refractivity contribution is 7.46. The zero-order valence-corrected chi connectivity index (χ0v) is 16.5. The Morgan fingerprint density at radius 3 is 1.93 bits per heavy atom. The van der Waals surface area contributed by atoms with Crippen LogP contribution >= 0.6 is 7.82 Å². The summed E-state index contributed by atoms with van der Waals surface area (Å²) in [7, 11) is 0.788. The summed E-state index contributed by atoms with van der Waals surface area (Å²) in [5.41, 5.74) is 0.443. The number of methoxy groups -OCH3 is 4. The molecule has 2 aromatic carbocycles. The van der Waals surface area contributed by atoms with Gasteiger partial charge in [-0.25, -0.2) is 8.96 Å². The van der Waals surface area contributed by atoms with Crippen LogP contribution in [0.15, 0.2) is 30.3 Å². The van der Waals surface area contributed by atoms with Gasteiger partial charge < -0.3 is 23.5 Å². The number of phosphoric acid groups is 1. The van der Waals surface area contributed by atoms with E-state index in [4.69, 9.17) is 28.7 Å². The van der Waals surface area contributed by atoms with Gasteiger partial charge in [-0.1, -0.05) is 0 Å². The number of phosphoric ester groups is 1. The highest BCUT2D eigenvalue weighted by atomic mass is 31.2. The molecule has 0 aromatic heterocycles. The van der Waals surface area contributed by atoms with Gasteiger partial charge in [-0.2, -0.15) is 0 Å². The molecule has 10 heteroatoms. The van der Waals surface area contributed by atoms with Gasteiger partial charge in [0, 0.05) is 5.56 Å². The van der Waals surface area contributed by atoms with Gasteiger partial charge in [-0.15, -0.1) is 0 Å². The van der Waals surface area contributed by atoms with E-state index in [1.807, 2.05) is 0 Å². The number of halogens is 1. The number of rotatable bonds is 8. The minimum atomic E-state index is -4.84. The van der Waals surface area contributed by atoms with Crippen LogP contribution in [0, 0.1) is 0 Å². The monoisotopic (exact) mass is 414 g/mol. The van der Waals surface area contributed by atoms with E-state index in [1.54, 1.807) is 12.1 Å². The molecular weight excluding hydrogens is 394 g/mol. The number of benzene rings is 2. The van der Waals surface area contributed by atoms with Crippen LogP contribution in [0.2, 0.25) is 0 Å². The van der Waals surface area contributed by atoms with Crippen molar-refractivity contribution in [3.63, 3.8) is 0 Å². The molecule has 28 heavy (non-hydrogen) atoms. The summed E-state index contributed by atoms with van der Waals surface area (Å²) in [6, 6.07) is 6.95. The fourth-order valence-electron chi connectivity index (χ4n) is 2.44. The molecule has 0 heterocycles. The van der Waals surface area contributed by atoms with E-state index in [0.29, 0.717) is 22.8 Å². The molecule has 0 radical (unpaired) electrons. The lowest BCUT2D eigenvalue weighted by atomic mass is 10.1. The highest BCUT2D eigenvalue weighted by Gasteiger charge is 2.20. The molecule has 0 aliphatic heterocycles. The van der Waals surface area contributed by atoms with Crippen molar-refractivity contribution in [2.45, 2.75) is 0 Å². The SMILES string of the molecule is COc1ccc(/C(F)=C/c2cc(OC)c(OC)c(OC)c2)cc1OP(=O)(O)O. The maximum absolute atomic E-state index is 14.8. The summed E-state index contributed by atoms with van der Waals surface area (Å²) in [6.45, 7) is 0. The van der Waals surface area contributed by atoms with Crippen LogP contribution in [0.1, 0.15) is 11.1 Å². The molecule has 0 fully saturated rings. The Morgan fingerprint density at radius 1 is 0.893 bits per heavy atom. The van der Waals surface area contributed by atoms with Crippen molar-refractivity contribution in [3.05, 3.63) is 41.5 Å². The van der Waals surface area contributed by atoms with Crippen LogP contribution in [0.4, 0.5) is 4.39 Å². The van der Waals surface area contributed by atoms with Gasteiger partial charge in [0.2, 0.25) is 5.75 Å². The van der Waals surface area contributed by atoms with Crippen LogP contribution < -0.4 is 23.5 Å². The number of ether oxygens (including phenoxy) is 4. The minimum Gasteiger partial charge on any atom is -0.493 e. The third-order valence-electron chi connectivity index (χ3n) is 3.64. The summed E-state index contributed by atoms with van der Waals surface area (Å²) in [5.74, 6) is 0.133. The van der Waals surface area contributed by atoms with Crippen LogP contribution in [-0.2, 0) is 4.57 Å². The molecule has 0 amide bonds. The Balaban J connectivity index is 2.48. The Labute approximate surface area is 161 Å². The van der Waals surface area contributed by atoms with Crippen molar-refractivity contribution < 1.29 is 42.2 Å². The second-order valence-corrected chi connectivity index (χ2v) is 6.56. The molecule has 152 valence electrons. The molecule has 2 rings (SSSR count). The van der Waals surface area contributed by atoms with E-state index >= 15 is 0 Å². The molecule has 0 spiro atoms. The molecule has 0 aliphatic rings. The largest absolute Gasteiger partial charge is 0.524 e. The molecule has 0 saturated carbocycles. The first kappa shape index (κ1) is 21.6. The van der Waals surface area contributed by atoms with E-state index in [0.717, 1.165) is 6.07 Å². The van der Waals surface area contributed by atoms with Gasteiger partial charge >= 0.3 is 7.82 Å². The van der Waals surface area contributed by atoms with E-state index in [-0.39, 0.29) is 17.1 Å². The van der Waals surface area contributed by atoms with Crippen molar-refractivity contribution in [3.8, 4) is 28.7 Å². The first-order chi connectivity index (χ1) is 13.2. The fourth-order valence-corrected chi connectivity index (χ4v) is 2.84. The smallest absolute Gasteiger partial charge is 0.493 e. The third kappa shape index (κ3) is 5.16. The molecular formula is C18H20FO8P. The normalized spacial score (nSPS) is 11.8. The quantitative estimate of drug-likeness (QED) is 0.498. The maximum atomic E-state index is 14.8. The van der Waals surface area contributed by atoms with Crippen LogP contribution in [0.25, 0.3) is 11.9 Å². The summed E-state index contributed by atoms with van der Waals surface area (Å²) >= 11 is 0. The van der Waals surface area contributed by atoms with Gasteiger partial charge in [0.15, 0.2) is 23.0 Å². The first-order valence-electron chi connectivity index (χ1n) is 7.83. The predicted octanol–water partition coefficient (Wildman–Crippen LogP) is 3.66. The Bertz CT molecular complexity index is 897. The van der Waals surface area contributed by atoms with Crippen molar-refractivity contribution in [2.24, 2.45) is 0 Å². The van der Waals surface area contributed by atoms with E-state index in [9.17, 15) is 8.96 Å². The van der Waals surface area contributed by atoms with Crippen molar-refractivity contribution >= 4 is 19.7 Å². The first-order valence-corrected chi connectivity index (χ1v) is 9.36. The summed E-state index contributed by atoms with van der Waals surface area (Å²) in [5, 5.41) is 0. The minimum absolute atomic E-state index is 0.0259. The van der Waals surface area contributed by atoms with Crippen LogP contribution in [0.3, 0.4) is 0 Å². The zero-order valence-electron chi connectivity index (χ0n) is 15.6. The third-order valence-corrected chi connectivity index (χ3v) is 4.07. The van der Waals surface area contributed by atoms with Gasteiger partial charge in [0.05, 0.1) is 28.4 Å². The molecule has 0 bridgehead atoms. The van der Waals surface area contributed by atoms with Crippen molar-refractivity contribution in [1.29, 1.82) is 0 Å². The molecule has 2 N–H and O–H groups in total. The second kappa shape index (κ2) is 8.97. The standard InChI is InChI=1S/C18H20FO8P/c1-23-14-6-5-12(10-15(14)27-28(20,21)22)13(19)7-11-8-16(24-2)18(26-4)17(9-11)25-3/h5-10H,1-4H3,(H2,20,21,22)/b13-7-. The summed E-state index contributed by atoms with van der Waals surface area (Å²) < 4.78 is 51.1. The average Bonchev–Trinajstić information content (AvgIpc) is 2.65. The Hall–Kier alpha value is -2.74. The molecule has 2 aromatic rings. The zero-order chi connectivity index (χ0) is 20.9. The molecule has 8 nitrogen and oxygen atoms in total. The van der Waals surface area contributed by atoms with Gasteiger partial charge in [-0.05, 0) is 42.0 Å². The summed E-state index contributed by atoms with van der Waals surface area (Å²) in [6.07, 6.45) is 1.20. The highest BCUT2D eigenvalue weighted by Crippen LogP contribution is 2.43. The molecule has 0 aliphatic carbocycles. The number of hydrogen-bond donors (Lipinski definition) is 2. The van der Waals surface area contributed by atoms with Crippen LogP contribution in [0.5, 0.6) is 28.7 Å². The lowest BCUT2D eigenvalue weighted by Crippen LogP contribution is -1.96. The van der Waals surface area contributed by atoms with Gasteiger partial charge in [0.1, 0.15) is 5.83 Å². The van der Waals surface area contributed by atoms with Crippen molar-refractivity contribution in [2.75, 3.05) is 28.4 Å². The van der Waals surface area contributed by atoms with Gasteiger partial charge in [0.25, 0.3) is 0 Å². The number of hydrogen-bond acceptors (Lipinski definition) is 6. The Morgan fingerprint density at radius 2 is 1.46 bits per heavy atom.